The standard InChI is InChI=1S/C13H20N2O2/c14-9-11(16)10-17-13-6-2-1-5-12(13)15-7-3-4-8-15/h1-2,5-6,11,16H,3-4,7-10,14H2. The largest absolute Gasteiger partial charge is 0.489 e. The van der Waals surface area contributed by atoms with Crippen LogP contribution in [0.2, 0.25) is 0 Å². The molecular weight excluding hydrogens is 216 g/mol. The van der Waals surface area contributed by atoms with E-state index in [1.165, 1.54) is 12.8 Å². The van der Waals surface area contributed by atoms with Crippen molar-refractivity contribution >= 4 is 5.69 Å². The van der Waals surface area contributed by atoms with Gasteiger partial charge in [0, 0.05) is 19.6 Å². The van der Waals surface area contributed by atoms with Crippen molar-refractivity contribution in [2.75, 3.05) is 31.1 Å². The van der Waals surface area contributed by atoms with Crippen LogP contribution in [0, 0.1) is 0 Å². The van der Waals surface area contributed by atoms with Gasteiger partial charge in [0.15, 0.2) is 0 Å². The van der Waals surface area contributed by atoms with Gasteiger partial charge in [-0.1, -0.05) is 12.1 Å². The van der Waals surface area contributed by atoms with E-state index in [2.05, 4.69) is 11.0 Å². The van der Waals surface area contributed by atoms with Crippen molar-refractivity contribution in [3.8, 4) is 5.75 Å². The summed E-state index contributed by atoms with van der Waals surface area (Å²) in [5.41, 5.74) is 6.48. The fourth-order valence-corrected chi connectivity index (χ4v) is 2.05. The number of aliphatic hydroxyl groups excluding tert-OH is 1. The lowest BCUT2D eigenvalue weighted by Crippen LogP contribution is -2.27. The summed E-state index contributed by atoms with van der Waals surface area (Å²) in [6.45, 7) is 2.65. The molecule has 94 valence electrons. The predicted molar refractivity (Wildman–Crippen MR) is 68.4 cm³/mol. The Bertz CT molecular complexity index is 351. The molecule has 1 aromatic carbocycles. The average molecular weight is 236 g/mol. The SMILES string of the molecule is NCC(O)COc1ccccc1N1CCCC1. The summed E-state index contributed by atoms with van der Waals surface area (Å²) in [5.74, 6) is 0.835. The third-order valence-corrected chi connectivity index (χ3v) is 3.02. The maximum absolute atomic E-state index is 9.41. The summed E-state index contributed by atoms with van der Waals surface area (Å²) < 4.78 is 5.63. The molecule has 1 atom stereocenters. The number of para-hydroxylation sites is 2. The van der Waals surface area contributed by atoms with E-state index in [4.69, 9.17) is 10.5 Å². The van der Waals surface area contributed by atoms with Crippen molar-refractivity contribution in [1.82, 2.24) is 0 Å². The van der Waals surface area contributed by atoms with Gasteiger partial charge in [-0.3, -0.25) is 0 Å². The lowest BCUT2D eigenvalue weighted by atomic mass is 10.2. The van der Waals surface area contributed by atoms with Gasteiger partial charge >= 0.3 is 0 Å². The molecule has 17 heavy (non-hydrogen) atoms. The first kappa shape index (κ1) is 12.2. The molecule has 0 radical (unpaired) electrons. The first-order valence-electron chi connectivity index (χ1n) is 6.16. The summed E-state index contributed by atoms with van der Waals surface area (Å²) in [6.07, 6.45) is 1.88. The van der Waals surface area contributed by atoms with Crippen molar-refractivity contribution in [3.63, 3.8) is 0 Å². The fourth-order valence-electron chi connectivity index (χ4n) is 2.05. The van der Waals surface area contributed by atoms with Crippen LogP contribution in [0.3, 0.4) is 0 Å². The van der Waals surface area contributed by atoms with Gasteiger partial charge in [0.2, 0.25) is 0 Å². The second kappa shape index (κ2) is 5.89. The molecule has 1 aromatic rings. The van der Waals surface area contributed by atoms with Crippen molar-refractivity contribution in [2.24, 2.45) is 5.73 Å². The minimum absolute atomic E-state index is 0.228. The second-order valence-electron chi connectivity index (χ2n) is 4.36. The zero-order chi connectivity index (χ0) is 12.1. The minimum atomic E-state index is -0.596. The average Bonchev–Trinajstić information content (AvgIpc) is 2.90. The number of anilines is 1. The first-order valence-corrected chi connectivity index (χ1v) is 6.16. The van der Waals surface area contributed by atoms with Crippen LogP contribution in [0.25, 0.3) is 0 Å². The van der Waals surface area contributed by atoms with E-state index >= 15 is 0 Å². The number of ether oxygens (including phenoxy) is 1. The normalized spacial score (nSPS) is 17.2. The quantitative estimate of drug-likeness (QED) is 0.800. The molecule has 0 bridgehead atoms. The van der Waals surface area contributed by atoms with E-state index < -0.39 is 6.10 Å². The molecule has 1 aliphatic heterocycles. The number of rotatable bonds is 5. The van der Waals surface area contributed by atoms with E-state index in [1.807, 2.05) is 18.2 Å². The molecule has 1 heterocycles. The summed E-state index contributed by atoms with van der Waals surface area (Å²) in [6, 6.07) is 7.97. The highest BCUT2D eigenvalue weighted by Crippen LogP contribution is 2.30. The number of nitrogens with zero attached hydrogens (tertiary/aromatic N) is 1. The molecule has 0 aromatic heterocycles. The van der Waals surface area contributed by atoms with Crippen molar-refractivity contribution in [1.29, 1.82) is 0 Å². The Hall–Kier alpha value is -1.26. The van der Waals surface area contributed by atoms with Gasteiger partial charge < -0.3 is 20.5 Å². The number of hydrogen-bond acceptors (Lipinski definition) is 4. The Morgan fingerprint density at radius 2 is 2.00 bits per heavy atom. The van der Waals surface area contributed by atoms with Crippen molar-refractivity contribution in [2.45, 2.75) is 18.9 Å². The molecule has 1 saturated heterocycles. The molecule has 1 fully saturated rings. The van der Waals surface area contributed by atoms with Crippen LogP contribution < -0.4 is 15.4 Å². The van der Waals surface area contributed by atoms with E-state index in [1.54, 1.807) is 0 Å². The third kappa shape index (κ3) is 3.11. The van der Waals surface area contributed by atoms with Crippen LogP contribution in [-0.2, 0) is 0 Å². The number of nitrogens with two attached hydrogens (primary N) is 1. The monoisotopic (exact) mass is 236 g/mol. The third-order valence-electron chi connectivity index (χ3n) is 3.02. The lowest BCUT2D eigenvalue weighted by molar-refractivity contribution is 0.114. The maximum Gasteiger partial charge on any atom is 0.142 e. The first-order chi connectivity index (χ1) is 8.31. The highest BCUT2D eigenvalue weighted by molar-refractivity contribution is 5.58. The van der Waals surface area contributed by atoms with Gasteiger partial charge in [0.05, 0.1) is 5.69 Å². The molecule has 4 heteroatoms. The van der Waals surface area contributed by atoms with Crippen LogP contribution in [0.4, 0.5) is 5.69 Å². The Kier molecular flexibility index (Phi) is 4.23. The number of benzene rings is 1. The van der Waals surface area contributed by atoms with E-state index in [-0.39, 0.29) is 13.2 Å². The predicted octanol–water partition coefficient (Wildman–Crippen LogP) is 0.985. The highest BCUT2D eigenvalue weighted by Gasteiger charge is 2.16. The van der Waals surface area contributed by atoms with Crippen LogP contribution in [0.1, 0.15) is 12.8 Å². The number of aliphatic hydroxyl groups is 1. The van der Waals surface area contributed by atoms with Gasteiger partial charge in [0.25, 0.3) is 0 Å². The Labute approximate surface area is 102 Å². The van der Waals surface area contributed by atoms with Gasteiger partial charge in [-0.05, 0) is 25.0 Å². The summed E-state index contributed by atoms with van der Waals surface area (Å²) in [7, 11) is 0. The Balaban J connectivity index is 2.04. The summed E-state index contributed by atoms with van der Waals surface area (Å²) >= 11 is 0. The Morgan fingerprint density at radius 1 is 1.29 bits per heavy atom. The number of hydrogen-bond donors (Lipinski definition) is 2. The molecular formula is C13H20N2O2. The van der Waals surface area contributed by atoms with Crippen LogP contribution in [0.5, 0.6) is 5.75 Å². The smallest absolute Gasteiger partial charge is 0.142 e. The molecule has 2 rings (SSSR count). The zero-order valence-electron chi connectivity index (χ0n) is 10.0. The molecule has 4 nitrogen and oxygen atoms in total. The highest BCUT2D eigenvalue weighted by atomic mass is 16.5. The van der Waals surface area contributed by atoms with Crippen molar-refractivity contribution < 1.29 is 9.84 Å². The van der Waals surface area contributed by atoms with E-state index in [9.17, 15) is 5.11 Å². The van der Waals surface area contributed by atoms with E-state index in [0.29, 0.717) is 0 Å². The van der Waals surface area contributed by atoms with Gasteiger partial charge in [0.1, 0.15) is 18.5 Å². The fraction of sp³-hybridized carbons (Fsp3) is 0.538. The van der Waals surface area contributed by atoms with Crippen LogP contribution >= 0.6 is 0 Å². The van der Waals surface area contributed by atoms with Crippen LogP contribution in [0.15, 0.2) is 24.3 Å². The molecule has 3 N–H and O–H groups in total. The Morgan fingerprint density at radius 3 is 2.71 bits per heavy atom. The second-order valence-corrected chi connectivity index (χ2v) is 4.36. The summed E-state index contributed by atoms with van der Waals surface area (Å²) in [5, 5.41) is 9.41. The van der Waals surface area contributed by atoms with Gasteiger partial charge in [-0.15, -0.1) is 0 Å². The minimum Gasteiger partial charge on any atom is -0.489 e. The molecule has 0 aliphatic carbocycles. The van der Waals surface area contributed by atoms with Crippen LogP contribution in [-0.4, -0.2) is 37.5 Å². The lowest BCUT2D eigenvalue weighted by Gasteiger charge is -2.21. The summed E-state index contributed by atoms with van der Waals surface area (Å²) in [4.78, 5) is 2.32. The molecule has 1 aliphatic rings. The molecule has 0 spiro atoms. The molecule has 0 saturated carbocycles. The van der Waals surface area contributed by atoms with Crippen molar-refractivity contribution in [3.05, 3.63) is 24.3 Å². The van der Waals surface area contributed by atoms with E-state index in [0.717, 1.165) is 24.5 Å². The zero-order valence-corrected chi connectivity index (χ0v) is 10.0. The van der Waals surface area contributed by atoms with Gasteiger partial charge in [-0.25, -0.2) is 0 Å². The maximum atomic E-state index is 9.41. The topological polar surface area (TPSA) is 58.7 Å². The molecule has 1 unspecified atom stereocenters. The molecule has 0 amide bonds. The van der Waals surface area contributed by atoms with Gasteiger partial charge in [-0.2, -0.15) is 0 Å².